The van der Waals surface area contributed by atoms with Gasteiger partial charge in [0.15, 0.2) is 11.5 Å². The molecule has 3 heterocycles. The summed E-state index contributed by atoms with van der Waals surface area (Å²) >= 11 is 0. The summed E-state index contributed by atoms with van der Waals surface area (Å²) in [5.41, 5.74) is 3.55. The normalized spacial score (nSPS) is 20.8. The minimum Gasteiger partial charge on any atom is -0.380 e. The molecular weight excluding hydrogens is 326 g/mol. The predicted molar refractivity (Wildman–Crippen MR) is 100 cm³/mol. The highest BCUT2D eigenvalue weighted by atomic mass is 16.5. The minimum atomic E-state index is 0.215. The Balaban J connectivity index is 1.52. The van der Waals surface area contributed by atoms with Crippen molar-refractivity contribution >= 4 is 5.65 Å². The zero-order chi connectivity index (χ0) is 17.9. The van der Waals surface area contributed by atoms with Crippen LogP contribution < -0.4 is 0 Å². The van der Waals surface area contributed by atoms with Gasteiger partial charge in [-0.15, -0.1) is 10.2 Å². The minimum absolute atomic E-state index is 0.215. The molecule has 1 fully saturated rings. The maximum absolute atomic E-state index is 5.65. The van der Waals surface area contributed by atoms with E-state index in [1.165, 1.54) is 11.1 Å². The van der Waals surface area contributed by atoms with E-state index in [1.54, 1.807) is 19.5 Å². The molecule has 1 saturated heterocycles. The number of nitrogens with zero attached hydrogens (tertiary/aromatic N) is 5. The average molecular weight is 351 g/mol. The third kappa shape index (κ3) is 3.34. The average Bonchev–Trinajstić information content (AvgIpc) is 3.30. The van der Waals surface area contributed by atoms with Gasteiger partial charge in [0.2, 0.25) is 0 Å². The topological polar surface area (TPSA) is 55.5 Å². The second-order valence-corrected chi connectivity index (χ2v) is 6.89. The predicted octanol–water partition coefficient (Wildman–Crippen LogP) is 2.69. The summed E-state index contributed by atoms with van der Waals surface area (Å²) in [5, 5.41) is 8.72. The monoisotopic (exact) mass is 351 g/mol. The van der Waals surface area contributed by atoms with Crippen LogP contribution in [0.1, 0.15) is 36.3 Å². The van der Waals surface area contributed by atoms with E-state index in [-0.39, 0.29) is 12.1 Å². The van der Waals surface area contributed by atoms with Gasteiger partial charge < -0.3 is 4.74 Å². The van der Waals surface area contributed by atoms with Crippen LogP contribution in [0.5, 0.6) is 0 Å². The van der Waals surface area contributed by atoms with Crippen LogP contribution in [0.25, 0.3) is 5.65 Å². The Bertz CT molecular complexity index is 860. The third-order valence-electron chi connectivity index (χ3n) is 5.36. The number of hydrogen-bond acceptors (Lipinski definition) is 5. The van der Waals surface area contributed by atoms with Gasteiger partial charge in [-0.3, -0.25) is 14.3 Å². The highest BCUT2D eigenvalue weighted by molar-refractivity contribution is 5.34. The summed E-state index contributed by atoms with van der Waals surface area (Å²) in [6.07, 6.45) is 8.74. The molecule has 3 aromatic rings. The van der Waals surface area contributed by atoms with Crippen LogP contribution in [0.2, 0.25) is 0 Å². The van der Waals surface area contributed by atoms with Gasteiger partial charge >= 0.3 is 0 Å². The standard InChI is InChI=1S/C20H25N5O/c1-3-15-4-6-16(7-5-15)8-10-24-14-17(26-2)12-18(24)20-23-22-19-13-21-9-11-25(19)20/h4-7,9,11,13,17-18H,3,8,10,12,14H2,1-2H3/t17-,18+/m1/s1. The van der Waals surface area contributed by atoms with Crippen LogP contribution in [0.4, 0.5) is 0 Å². The molecule has 136 valence electrons. The van der Waals surface area contributed by atoms with E-state index in [0.717, 1.165) is 43.8 Å². The zero-order valence-corrected chi connectivity index (χ0v) is 15.4. The second-order valence-electron chi connectivity index (χ2n) is 6.89. The number of benzene rings is 1. The number of likely N-dealkylation sites (tertiary alicyclic amines) is 1. The lowest BCUT2D eigenvalue weighted by Crippen LogP contribution is -2.28. The first-order valence-electron chi connectivity index (χ1n) is 9.27. The number of methoxy groups -OCH3 is 1. The van der Waals surface area contributed by atoms with Crippen molar-refractivity contribution < 1.29 is 4.74 Å². The first kappa shape index (κ1) is 17.1. The molecule has 0 saturated carbocycles. The van der Waals surface area contributed by atoms with E-state index in [4.69, 9.17) is 4.74 Å². The highest BCUT2D eigenvalue weighted by Gasteiger charge is 2.35. The van der Waals surface area contributed by atoms with Crippen LogP contribution >= 0.6 is 0 Å². The molecule has 0 bridgehead atoms. The largest absolute Gasteiger partial charge is 0.380 e. The van der Waals surface area contributed by atoms with Crippen molar-refractivity contribution in [2.24, 2.45) is 0 Å². The van der Waals surface area contributed by atoms with E-state index in [2.05, 4.69) is 51.3 Å². The van der Waals surface area contributed by atoms with Gasteiger partial charge in [-0.25, -0.2) is 0 Å². The fourth-order valence-electron chi connectivity index (χ4n) is 3.76. The van der Waals surface area contributed by atoms with E-state index in [0.29, 0.717) is 0 Å². The Kier molecular flexibility index (Phi) is 4.95. The number of fused-ring (bicyclic) bond motifs is 1. The molecule has 0 aliphatic carbocycles. The molecular formula is C20H25N5O. The van der Waals surface area contributed by atoms with Crippen molar-refractivity contribution in [2.75, 3.05) is 20.2 Å². The molecule has 1 aliphatic rings. The summed E-state index contributed by atoms with van der Waals surface area (Å²) in [6.45, 7) is 4.09. The molecule has 0 N–H and O–H groups in total. The molecule has 26 heavy (non-hydrogen) atoms. The molecule has 6 heteroatoms. The summed E-state index contributed by atoms with van der Waals surface area (Å²) in [4.78, 5) is 6.60. The van der Waals surface area contributed by atoms with Crippen molar-refractivity contribution in [1.29, 1.82) is 0 Å². The molecule has 0 amide bonds. The van der Waals surface area contributed by atoms with Gasteiger partial charge in [0, 0.05) is 32.6 Å². The molecule has 1 aromatic carbocycles. The number of ether oxygens (including phenoxy) is 1. The number of rotatable bonds is 6. The summed E-state index contributed by atoms with van der Waals surface area (Å²) in [5.74, 6) is 0.975. The molecule has 2 aromatic heterocycles. The van der Waals surface area contributed by atoms with Gasteiger partial charge in [-0.05, 0) is 30.4 Å². The van der Waals surface area contributed by atoms with Crippen molar-refractivity contribution in [3.63, 3.8) is 0 Å². The third-order valence-corrected chi connectivity index (χ3v) is 5.36. The molecule has 2 atom stereocenters. The van der Waals surface area contributed by atoms with E-state index < -0.39 is 0 Å². The van der Waals surface area contributed by atoms with Crippen LogP contribution in [-0.4, -0.2) is 50.8 Å². The maximum atomic E-state index is 5.65. The van der Waals surface area contributed by atoms with Crippen LogP contribution in [-0.2, 0) is 17.6 Å². The summed E-state index contributed by atoms with van der Waals surface area (Å²) in [7, 11) is 1.79. The van der Waals surface area contributed by atoms with Crippen molar-refractivity contribution in [1.82, 2.24) is 24.5 Å². The summed E-state index contributed by atoms with van der Waals surface area (Å²) in [6, 6.07) is 9.17. The second kappa shape index (κ2) is 7.51. The Morgan fingerprint density at radius 2 is 1.96 bits per heavy atom. The number of aryl methyl sites for hydroxylation is 1. The van der Waals surface area contributed by atoms with E-state index >= 15 is 0 Å². The first-order chi connectivity index (χ1) is 12.8. The SMILES string of the molecule is CCc1ccc(CCN2C[C@H](OC)C[C@H]2c2nnc3cnccn23)cc1. The van der Waals surface area contributed by atoms with Crippen LogP contribution in [0.3, 0.4) is 0 Å². The van der Waals surface area contributed by atoms with Gasteiger partial charge in [0.1, 0.15) is 0 Å². The van der Waals surface area contributed by atoms with Crippen molar-refractivity contribution in [3.05, 3.63) is 59.8 Å². The molecule has 6 nitrogen and oxygen atoms in total. The van der Waals surface area contributed by atoms with Gasteiger partial charge in [0.25, 0.3) is 0 Å². The van der Waals surface area contributed by atoms with Crippen LogP contribution in [0.15, 0.2) is 42.9 Å². The molecule has 0 radical (unpaired) electrons. The lowest BCUT2D eigenvalue weighted by Gasteiger charge is -2.22. The molecule has 1 aliphatic heterocycles. The van der Waals surface area contributed by atoms with Crippen molar-refractivity contribution in [3.8, 4) is 0 Å². The zero-order valence-electron chi connectivity index (χ0n) is 15.4. The Morgan fingerprint density at radius 3 is 2.73 bits per heavy atom. The first-order valence-corrected chi connectivity index (χ1v) is 9.27. The summed E-state index contributed by atoms with van der Waals surface area (Å²) < 4.78 is 7.69. The molecule has 4 rings (SSSR count). The lowest BCUT2D eigenvalue weighted by atomic mass is 10.1. The quantitative estimate of drug-likeness (QED) is 0.683. The van der Waals surface area contributed by atoms with Crippen LogP contribution in [0, 0.1) is 0 Å². The van der Waals surface area contributed by atoms with E-state index in [1.807, 2.05) is 10.6 Å². The smallest absolute Gasteiger partial charge is 0.179 e. The molecule has 0 unspecified atom stereocenters. The van der Waals surface area contributed by atoms with Crippen molar-refractivity contribution in [2.45, 2.75) is 38.3 Å². The fraction of sp³-hybridized carbons (Fsp3) is 0.450. The Hall–Kier alpha value is -2.31. The van der Waals surface area contributed by atoms with Gasteiger partial charge in [-0.2, -0.15) is 0 Å². The van der Waals surface area contributed by atoms with E-state index in [9.17, 15) is 0 Å². The Morgan fingerprint density at radius 1 is 1.15 bits per heavy atom. The van der Waals surface area contributed by atoms with Gasteiger partial charge in [-0.1, -0.05) is 31.2 Å². The van der Waals surface area contributed by atoms with Gasteiger partial charge in [0.05, 0.1) is 18.3 Å². The number of hydrogen-bond donors (Lipinski definition) is 0. The number of aromatic nitrogens is 4. The highest BCUT2D eigenvalue weighted by Crippen LogP contribution is 2.32. The maximum Gasteiger partial charge on any atom is 0.179 e. The fourth-order valence-corrected chi connectivity index (χ4v) is 3.76. The Labute approximate surface area is 153 Å². The lowest BCUT2D eigenvalue weighted by molar-refractivity contribution is 0.108. The molecule has 0 spiro atoms.